The van der Waals surface area contributed by atoms with E-state index in [4.69, 9.17) is 12.2 Å². The van der Waals surface area contributed by atoms with Crippen molar-refractivity contribution in [2.45, 2.75) is 18.9 Å². The van der Waals surface area contributed by atoms with Crippen LogP contribution >= 0.6 is 12.2 Å². The summed E-state index contributed by atoms with van der Waals surface area (Å²) in [6.07, 6.45) is 6.34. The second-order valence-electron chi connectivity index (χ2n) is 9.59. The Hall–Kier alpha value is -2.00. The third-order valence-corrected chi connectivity index (χ3v) is 7.13. The molecule has 4 heterocycles. The van der Waals surface area contributed by atoms with Crippen LogP contribution in [0.4, 0.5) is 5.69 Å². The first kappa shape index (κ1) is 23.2. The molecule has 2 aromatic rings. The van der Waals surface area contributed by atoms with Crippen molar-refractivity contribution < 1.29 is 0 Å². The number of anilines is 1. The van der Waals surface area contributed by atoms with E-state index in [1.807, 2.05) is 41.2 Å². The summed E-state index contributed by atoms with van der Waals surface area (Å²) in [6, 6.07) is 10.7. The zero-order valence-corrected chi connectivity index (χ0v) is 20.4. The number of benzene rings is 1. The second kappa shape index (κ2) is 10.7. The third-order valence-electron chi connectivity index (χ3n) is 6.88. The molecule has 174 valence electrons. The summed E-state index contributed by atoms with van der Waals surface area (Å²) in [6.45, 7) is 6.84. The minimum absolute atomic E-state index is 0.582. The van der Waals surface area contributed by atoms with Crippen LogP contribution in [-0.2, 0) is 0 Å². The SMILES string of the molecule is CN(C)CCN(C)CC1CN2CCC1CC2CNC(=S)Nc1ccc(-n2cccn2)cc1. The Balaban J connectivity index is 1.21. The van der Waals surface area contributed by atoms with Gasteiger partial charge in [0.2, 0.25) is 0 Å². The second-order valence-corrected chi connectivity index (χ2v) is 10.00. The number of nitrogens with zero attached hydrogens (tertiary/aromatic N) is 5. The van der Waals surface area contributed by atoms with Crippen molar-refractivity contribution in [2.24, 2.45) is 11.8 Å². The fourth-order valence-corrected chi connectivity index (χ4v) is 5.24. The van der Waals surface area contributed by atoms with E-state index in [9.17, 15) is 0 Å². The average molecular weight is 456 g/mol. The Morgan fingerprint density at radius 1 is 1.19 bits per heavy atom. The molecule has 0 radical (unpaired) electrons. The fraction of sp³-hybridized carbons (Fsp3) is 0.583. The van der Waals surface area contributed by atoms with Crippen LogP contribution in [0.5, 0.6) is 0 Å². The van der Waals surface area contributed by atoms with Crippen molar-refractivity contribution in [3.05, 3.63) is 42.7 Å². The summed E-state index contributed by atoms with van der Waals surface area (Å²) in [5.74, 6) is 1.63. The van der Waals surface area contributed by atoms with Gasteiger partial charge in [-0.15, -0.1) is 0 Å². The van der Waals surface area contributed by atoms with Crippen molar-refractivity contribution in [1.29, 1.82) is 0 Å². The highest BCUT2D eigenvalue weighted by molar-refractivity contribution is 7.80. The molecule has 1 aromatic carbocycles. The monoisotopic (exact) mass is 455 g/mol. The van der Waals surface area contributed by atoms with Crippen molar-refractivity contribution in [3.63, 3.8) is 0 Å². The highest BCUT2D eigenvalue weighted by Crippen LogP contribution is 2.36. The molecular weight excluding hydrogens is 418 g/mol. The first-order valence-electron chi connectivity index (χ1n) is 11.7. The molecule has 1 aromatic heterocycles. The molecule has 3 fully saturated rings. The quantitative estimate of drug-likeness (QED) is 0.563. The molecule has 0 amide bonds. The lowest BCUT2D eigenvalue weighted by Gasteiger charge is -2.50. The minimum atomic E-state index is 0.582. The lowest BCUT2D eigenvalue weighted by atomic mass is 9.75. The molecule has 32 heavy (non-hydrogen) atoms. The first-order chi connectivity index (χ1) is 15.5. The molecule has 4 atom stereocenters. The molecule has 0 aliphatic carbocycles. The van der Waals surface area contributed by atoms with E-state index in [-0.39, 0.29) is 0 Å². The van der Waals surface area contributed by atoms with Crippen LogP contribution in [0.1, 0.15) is 12.8 Å². The third kappa shape index (κ3) is 6.07. The fourth-order valence-electron chi connectivity index (χ4n) is 5.04. The van der Waals surface area contributed by atoms with Gasteiger partial charge in [0.25, 0.3) is 0 Å². The van der Waals surface area contributed by atoms with E-state index < -0.39 is 0 Å². The molecule has 2 bridgehead atoms. The van der Waals surface area contributed by atoms with Crippen molar-refractivity contribution in [2.75, 3.05) is 65.7 Å². The Bertz CT molecular complexity index is 852. The number of hydrogen-bond acceptors (Lipinski definition) is 5. The Labute approximate surface area is 197 Å². The van der Waals surface area contributed by atoms with Gasteiger partial charge in [-0.3, -0.25) is 4.90 Å². The lowest BCUT2D eigenvalue weighted by molar-refractivity contribution is -0.00805. The summed E-state index contributed by atoms with van der Waals surface area (Å²) in [7, 11) is 6.57. The van der Waals surface area contributed by atoms with Gasteiger partial charge in [-0.1, -0.05) is 0 Å². The zero-order valence-electron chi connectivity index (χ0n) is 19.6. The summed E-state index contributed by atoms with van der Waals surface area (Å²) >= 11 is 5.56. The van der Waals surface area contributed by atoms with Crippen LogP contribution in [0.15, 0.2) is 42.7 Å². The van der Waals surface area contributed by atoms with Crippen LogP contribution in [0.25, 0.3) is 5.69 Å². The largest absolute Gasteiger partial charge is 0.361 e. The first-order valence-corrected chi connectivity index (χ1v) is 12.1. The number of piperidine rings is 3. The van der Waals surface area contributed by atoms with Gasteiger partial charge >= 0.3 is 0 Å². The van der Waals surface area contributed by atoms with Gasteiger partial charge in [-0.25, -0.2) is 4.68 Å². The van der Waals surface area contributed by atoms with Crippen LogP contribution < -0.4 is 10.6 Å². The molecule has 0 saturated carbocycles. The molecule has 5 rings (SSSR count). The molecule has 3 aliphatic heterocycles. The minimum Gasteiger partial charge on any atom is -0.361 e. The highest BCUT2D eigenvalue weighted by atomic mass is 32.1. The standard InChI is InChI=1S/C24H37N7S/c1-28(2)13-14-29(3)17-20-18-30-12-9-19(20)15-23(30)16-25-24(32)27-21-5-7-22(8-6-21)31-11-4-10-26-31/h4-8,10-11,19-20,23H,9,12-18H2,1-3H3,(H2,25,27,32). The number of hydrogen-bond donors (Lipinski definition) is 2. The predicted molar refractivity (Wildman–Crippen MR) is 135 cm³/mol. The van der Waals surface area contributed by atoms with Crippen LogP contribution in [0.2, 0.25) is 0 Å². The lowest BCUT2D eigenvalue weighted by Crippen LogP contribution is -2.58. The van der Waals surface area contributed by atoms with Gasteiger partial charge in [-0.2, -0.15) is 5.10 Å². The molecule has 3 aliphatic rings. The zero-order chi connectivity index (χ0) is 22.5. The summed E-state index contributed by atoms with van der Waals surface area (Å²) in [4.78, 5) is 7.45. The molecule has 0 spiro atoms. The molecule has 4 unspecified atom stereocenters. The van der Waals surface area contributed by atoms with Crippen LogP contribution in [0.3, 0.4) is 0 Å². The highest BCUT2D eigenvalue weighted by Gasteiger charge is 2.40. The van der Waals surface area contributed by atoms with Gasteiger partial charge in [0, 0.05) is 56.8 Å². The average Bonchev–Trinajstić information content (AvgIpc) is 3.32. The van der Waals surface area contributed by atoms with E-state index in [0.29, 0.717) is 11.2 Å². The molecule has 8 heteroatoms. The van der Waals surface area contributed by atoms with E-state index in [1.54, 1.807) is 6.20 Å². The van der Waals surface area contributed by atoms with Gasteiger partial charge in [0.1, 0.15) is 0 Å². The number of likely N-dealkylation sites (N-methyl/N-ethyl adjacent to an activating group) is 2. The summed E-state index contributed by atoms with van der Waals surface area (Å²) in [5, 5.41) is 11.7. The molecule has 2 N–H and O–H groups in total. The number of rotatable bonds is 9. The number of aromatic nitrogens is 2. The van der Waals surface area contributed by atoms with Gasteiger partial charge in [-0.05, 0) is 94.9 Å². The predicted octanol–water partition coefficient (Wildman–Crippen LogP) is 2.36. The smallest absolute Gasteiger partial charge is 0.170 e. The Kier molecular flexibility index (Phi) is 7.78. The topological polar surface area (TPSA) is 51.6 Å². The maximum absolute atomic E-state index is 5.56. The Morgan fingerprint density at radius 3 is 2.66 bits per heavy atom. The van der Waals surface area contributed by atoms with E-state index in [1.165, 1.54) is 32.5 Å². The maximum Gasteiger partial charge on any atom is 0.170 e. The summed E-state index contributed by atoms with van der Waals surface area (Å²) < 4.78 is 1.85. The van der Waals surface area contributed by atoms with Gasteiger partial charge in [0.05, 0.1) is 5.69 Å². The maximum atomic E-state index is 5.56. The van der Waals surface area contributed by atoms with Crippen LogP contribution in [0, 0.1) is 11.8 Å². The molecule has 7 nitrogen and oxygen atoms in total. The number of thiocarbonyl (C=S) groups is 1. The van der Waals surface area contributed by atoms with Crippen molar-refractivity contribution >= 4 is 23.0 Å². The van der Waals surface area contributed by atoms with Crippen LogP contribution in [-0.4, -0.2) is 96.0 Å². The van der Waals surface area contributed by atoms with Gasteiger partial charge < -0.3 is 20.4 Å². The summed E-state index contributed by atoms with van der Waals surface area (Å²) in [5.41, 5.74) is 2.03. The number of fused-ring (bicyclic) bond motifs is 3. The molecule has 3 saturated heterocycles. The number of nitrogens with one attached hydrogen (secondary N) is 2. The Morgan fingerprint density at radius 2 is 2.00 bits per heavy atom. The van der Waals surface area contributed by atoms with Gasteiger partial charge in [0.15, 0.2) is 5.11 Å². The molecular formula is C24H37N7S. The van der Waals surface area contributed by atoms with Crippen molar-refractivity contribution in [3.8, 4) is 5.69 Å². The normalized spacial score (nSPS) is 24.8. The van der Waals surface area contributed by atoms with E-state index >= 15 is 0 Å². The van der Waals surface area contributed by atoms with Crippen molar-refractivity contribution in [1.82, 2.24) is 29.8 Å². The van der Waals surface area contributed by atoms with E-state index in [2.05, 4.69) is 51.6 Å². The van der Waals surface area contributed by atoms with E-state index in [0.717, 1.165) is 42.8 Å².